The van der Waals surface area contributed by atoms with E-state index in [0.717, 1.165) is 0 Å². The summed E-state index contributed by atoms with van der Waals surface area (Å²) in [5, 5.41) is 10.7. The van der Waals surface area contributed by atoms with E-state index in [4.69, 9.17) is 20.8 Å². The molecule has 2 aromatic rings. The third-order valence-electron chi connectivity index (χ3n) is 2.53. The molecular weight excluding hydrogens is 282 g/mol. The van der Waals surface area contributed by atoms with Gasteiger partial charge in [-0.1, -0.05) is 23.7 Å². The molecule has 1 N–H and O–H groups in total. The van der Waals surface area contributed by atoms with Crippen LogP contribution in [-0.4, -0.2) is 36.4 Å². The highest BCUT2D eigenvalue weighted by molar-refractivity contribution is 6.33. The Bertz CT molecular complexity index is 586. The molecule has 1 aromatic carbocycles. The lowest BCUT2D eigenvalue weighted by Gasteiger charge is -2.01. The van der Waals surface area contributed by atoms with Gasteiger partial charge in [-0.25, -0.2) is 0 Å². The number of carbonyl (C=O) groups excluding carboxylic acids is 1. The Labute approximate surface area is 121 Å². The Morgan fingerprint density at radius 1 is 1.40 bits per heavy atom. The second kappa shape index (κ2) is 7.02. The molecule has 2 rings (SSSR count). The van der Waals surface area contributed by atoms with E-state index in [1.807, 2.05) is 0 Å². The van der Waals surface area contributed by atoms with Crippen molar-refractivity contribution in [3.05, 3.63) is 35.2 Å². The summed E-state index contributed by atoms with van der Waals surface area (Å²) in [5.41, 5.74) is 0.597. The molecule has 0 saturated carbocycles. The van der Waals surface area contributed by atoms with Gasteiger partial charge in [0.1, 0.15) is 0 Å². The number of hydrogen-bond donors (Lipinski definition) is 1. The summed E-state index contributed by atoms with van der Waals surface area (Å²) in [5.74, 6) is -0.276. The van der Waals surface area contributed by atoms with E-state index < -0.39 is 5.91 Å². The number of hydrogen-bond acceptors (Lipinski definition) is 5. The zero-order valence-corrected chi connectivity index (χ0v) is 11.7. The Morgan fingerprint density at radius 2 is 2.20 bits per heavy atom. The van der Waals surface area contributed by atoms with E-state index in [-0.39, 0.29) is 11.8 Å². The number of ether oxygens (including phenoxy) is 1. The van der Waals surface area contributed by atoms with E-state index in [1.54, 1.807) is 31.4 Å². The molecule has 20 heavy (non-hydrogen) atoms. The number of benzene rings is 1. The third-order valence-corrected chi connectivity index (χ3v) is 2.86. The first-order chi connectivity index (χ1) is 9.72. The quantitative estimate of drug-likeness (QED) is 0.826. The van der Waals surface area contributed by atoms with Crippen molar-refractivity contribution in [1.82, 2.24) is 15.5 Å². The molecule has 0 unspecified atom stereocenters. The Hall–Kier alpha value is -1.92. The maximum absolute atomic E-state index is 11.8. The average Bonchev–Trinajstić information content (AvgIpc) is 2.93. The van der Waals surface area contributed by atoms with Crippen LogP contribution in [-0.2, 0) is 4.74 Å². The number of aromatic nitrogens is 2. The summed E-state index contributed by atoms with van der Waals surface area (Å²) in [7, 11) is 1.61. The number of halogens is 1. The summed E-state index contributed by atoms with van der Waals surface area (Å²) in [4.78, 5) is 11.8. The first kappa shape index (κ1) is 14.5. The second-order valence-corrected chi connectivity index (χ2v) is 4.40. The van der Waals surface area contributed by atoms with Gasteiger partial charge in [-0.05, 0) is 18.6 Å². The third kappa shape index (κ3) is 3.55. The molecule has 0 radical (unpaired) electrons. The Kier molecular flexibility index (Phi) is 5.09. The monoisotopic (exact) mass is 295 g/mol. The maximum Gasteiger partial charge on any atom is 0.308 e. The number of methoxy groups -OCH3 is 1. The summed E-state index contributed by atoms with van der Waals surface area (Å²) in [6.45, 7) is 1.06. The van der Waals surface area contributed by atoms with Crippen molar-refractivity contribution in [1.29, 1.82) is 0 Å². The molecule has 0 spiro atoms. The predicted molar refractivity (Wildman–Crippen MR) is 73.6 cm³/mol. The molecule has 0 aliphatic rings. The summed E-state index contributed by atoms with van der Waals surface area (Å²) >= 11 is 6.02. The van der Waals surface area contributed by atoms with Crippen molar-refractivity contribution in [2.45, 2.75) is 6.42 Å². The lowest BCUT2D eigenvalue weighted by Crippen LogP contribution is -2.25. The highest BCUT2D eigenvalue weighted by atomic mass is 35.5. The Balaban J connectivity index is 2.02. The minimum atomic E-state index is -0.410. The Morgan fingerprint density at radius 3 is 2.95 bits per heavy atom. The van der Waals surface area contributed by atoms with Crippen LogP contribution < -0.4 is 5.32 Å². The van der Waals surface area contributed by atoms with Gasteiger partial charge in [0.15, 0.2) is 0 Å². The summed E-state index contributed by atoms with van der Waals surface area (Å²) < 4.78 is 10.2. The smallest absolute Gasteiger partial charge is 0.308 e. The van der Waals surface area contributed by atoms with Crippen LogP contribution >= 0.6 is 11.6 Å². The van der Waals surface area contributed by atoms with Crippen LogP contribution in [0.3, 0.4) is 0 Å². The normalized spacial score (nSPS) is 10.5. The van der Waals surface area contributed by atoms with Gasteiger partial charge in [0, 0.05) is 20.3 Å². The SMILES string of the molecule is COCCCNC(=O)c1nnc(-c2ccccc2Cl)o1. The van der Waals surface area contributed by atoms with Crippen molar-refractivity contribution in [3.8, 4) is 11.5 Å². The van der Waals surface area contributed by atoms with Gasteiger partial charge in [0.05, 0.1) is 10.6 Å². The highest BCUT2D eigenvalue weighted by Gasteiger charge is 2.16. The first-order valence-electron chi connectivity index (χ1n) is 6.08. The van der Waals surface area contributed by atoms with Gasteiger partial charge in [-0.15, -0.1) is 10.2 Å². The van der Waals surface area contributed by atoms with Gasteiger partial charge in [0.2, 0.25) is 5.89 Å². The fraction of sp³-hybridized carbons (Fsp3) is 0.308. The largest absolute Gasteiger partial charge is 0.412 e. The number of amides is 1. The van der Waals surface area contributed by atoms with Gasteiger partial charge in [0.25, 0.3) is 0 Å². The molecule has 0 bridgehead atoms. The molecule has 1 heterocycles. The molecule has 0 fully saturated rings. The van der Waals surface area contributed by atoms with Crippen molar-refractivity contribution in [2.75, 3.05) is 20.3 Å². The van der Waals surface area contributed by atoms with E-state index in [9.17, 15) is 4.79 Å². The van der Waals surface area contributed by atoms with Crippen molar-refractivity contribution >= 4 is 17.5 Å². The molecule has 7 heteroatoms. The first-order valence-corrected chi connectivity index (χ1v) is 6.45. The minimum Gasteiger partial charge on any atom is -0.412 e. The van der Waals surface area contributed by atoms with Crippen LogP contribution in [0.5, 0.6) is 0 Å². The zero-order chi connectivity index (χ0) is 14.4. The molecule has 0 atom stereocenters. The fourth-order valence-corrected chi connectivity index (χ4v) is 1.77. The van der Waals surface area contributed by atoms with Crippen molar-refractivity contribution in [3.63, 3.8) is 0 Å². The van der Waals surface area contributed by atoms with Crippen LogP contribution in [0.1, 0.15) is 17.1 Å². The fourth-order valence-electron chi connectivity index (χ4n) is 1.55. The van der Waals surface area contributed by atoms with E-state index in [0.29, 0.717) is 30.2 Å². The van der Waals surface area contributed by atoms with Crippen molar-refractivity contribution in [2.24, 2.45) is 0 Å². The lowest BCUT2D eigenvalue weighted by atomic mass is 10.2. The van der Waals surface area contributed by atoms with Crippen LogP contribution in [0, 0.1) is 0 Å². The average molecular weight is 296 g/mol. The van der Waals surface area contributed by atoms with Crippen molar-refractivity contribution < 1.29 is 13.9 Å². The van der Waals surface area contributed by atoms with Gasteiger partial charge >= 0.3 is 11.8 Å². The molecule has 1 amide bonds. The molecule has 0 aliphatic heterocycles. The van der Waals surface area contributed by atoms with Crippen LogP contribution in [0.25, 0.3) is 11.5 Å². The van der Waals surface area contributed by atoms with Crippen LogP contribution in [0.2, 0.25) is 5.02 Å². The van der Waals surface area contributed by atoms with Crippen LogP contribution in [0.4, 0.5) is 0 Å². The molecule has 1 aromatic heterocycles. The predicted octanol–water partition coefficient (Wildman–Crippen LogP) is 2.16. The number of nitrogens with zero attached hydrogens (tertiary/aromatic N) is 2. The summed E-state index contributed by atoms with van der Waals surface area (Å²) in [6, 6.07) is 7.06. The highest BCUT2D eigenvalue weighted by Crippen LogP contribution is 2.26. The standard InChI is InChI=1S/C13H14ClN3O3/c1-19-8-4-7-15-11(18)13-17-16-12(20-13)9-5-2-3-6-10(9)14/h2-3,5-6H,4,7-8H2,1H3,(H,15,18). The second-order valence-electron chi connectivity index (χ2n) is 3.99. The van der Waals surface area contributed by atoms with Gasteiger partial charge in [-0.3, -0.25) is 4.79 Å². The van der Waals surface area contributed by atoms with E-state index in [1.165, 1.54) is 0 Å². The lowest BCUT2D eigenvalue weighted by molar-refractivity contribution is 0.0914. The molecule has 6 nitrogen and oxygen atoms in total. The number of carbonyl (C=O) groups is 1. The maximum atomic E-state index is 11.8. The zero-order valence-electron chi connectivity index (χ0n) is 10.9. The van der Waals surface area contributed by atoms with E-state index in [2.05, 4.69) is 15.5 Å². The topological polar surface area (TPSA) is 77.2 Å². The van der Waals surface area contributed by atoms with Gasteiger partial charge in [-0.2, -0.15) is 0 Å². The number of nitrogens with one attached hydrogen (secondary N) is 1. The number of rotatable bonds is 6. The molecule has 0 saturated heterocycles. The van der Waals surface area contributed by atoms with Gasteiger partial charge < -0.3 is 14.5 Å². The molecule has 106 valence electrons. The van der Waals surface area contributed by atoms with Crippen LogP contribution in [0.15, 0.2) is 28.7 Å². The molecule has 0 aliphatic carbocycles. The molecular formula is C13H14ClN3O3. The minimum absolute atomic E-state index is 0.0858. The summed E-state index contributed by atoms with van der Waals surface area (Å²) in [6.07, 6.45) is 0.716. The van der Waals surface area contributed by atoms with E-state index >= 15 is 0 Å².